The quantitative estimate of drug-likeness (QED) is 0.222. The van der Waals surface area contributed by atoms with E-state index in [0.717, 1.165) is 55.2 Å². The van der Waals surface area contributed by atoms with Crippen LogP contribution in [0.2, 0.25) is 0 Å². The van der Waals surface area contributed by atoms with E-state index in [1.54, 1.807) is 28.7 Å². The molecule has 2 heterocycles. The molecule has 43 heavy (non-hydrogen) atoms. The molecule has 0 radical (unpaired) electrons. The predicted octanol–water partition coefficient (Wildman–Crippen LogP) is 8.34. The lowest BCUT2D eigenvalue weighted by Gasteiger charge is -2.14. The Bertz CT molecular complexity index is 2520. The van der Waals surface area contributed by atoms with Crippen molar-refractivity contribution >= 4 is 38.2 Å². The Balaban J connectivity index is 1.53. The molecule has 0 spiro atoms. The van der Waals surface area contributed by atoms with Gasteiger partial charge in [-0.05, 0) is 70.3 Å². The Hall–Kier alpha value is -6.30. The van der Waals surface area contributed by atoms with E-state index in [2.05, 4.69) is 42.5 Å². The molecular formula is C38H20N4O. The summed E-state index contributed by atoms with van der Waals surface area (Å²) in [5.74, 6) is 0. The summed E-state index contributed by atoms with van der Waals surface area (Å²) >= 11 is 0. The Morgan fingerprint density at radius 3 is 1.95 bits per heavy atom. The van der Waals surface area contributed by atoms with Gasteiger partial charge in [0.25, 0.3) is 5.56 Å². The Morgan fingerprint density at radius 2 is 1.26 bits per heavy atom. The third-order valence-corrected chi connectivity index (χ3v) is 8.22. The summed E-state index contributed by atoms with van der Waals surface area (Å²) in [6, 6.07) is 43.6. The van der Waals surface area contributed by atoms with Crippen molar-refractivity contribution < 1.29 is 0 Å². The maximum Gasteiger partial charge on any atom is 0.264 e. The Kier molecular flexibility index (Phi) is 5.34. The summed E-state index contributed by atoms with van der Waals surface area (Å²) in [6.07, 6.45) is 0. The molecule has 0 atom stereocenters. The van der Waals surface area contributed by atoms with Crippen LogP contribution in [0.25, 0.3) is 71.6 Å². The van der Waals surface area contributed by atoms with E-state index in [0.29, 0.717) is 27.5 Å². The average molecular weight is 549 g/mol. The molecule has 0 aliphatic heterocycles. The van der Waals surface area contributed by atoms with Crippen molar-refractivity contribution in [2.24, 2.45) is 0 Å². The van der Waals surface area contributed by atoms with Crippen LogP contribution in [0.15, 0.2) is 126 Å². The van der Waals surface area contributed by atoms with E-state index in [1.807, 2.05) is 66.7 Å². The minimum Gasteiger partial charge on any atom is -0.268 e. The molecule has 198 valence electrons. The van der Waals surface area contributed by atoms with Gasteiger partial charge in [0.1, 0.15) is 5.65 Å². The second-order valence-corrected chi connectivity index (χ2v) is 10.6. The average Bonchev–Trinajstić information content (AvgIpc) is 3.47. The van der Waals surface area contributed by atoms with Crippen LogP contribution in [-0.2, 0) is 0 Å². The summed E-state index contributed by atoms with van der Waals surface area (Å²) in [5, 5.41) is 22.2. The van der Waals surface area contributed by atoms with Crippen molar-refractivity contribution in [2.75, 3.05) is 0 Å². The number of imidazole rings is 1. The van der Waals surface area contributed by atoms with Crippen molar-refractivity contribution in [1.82, 2.24) is 9.38 Å². The smallest absolute Gasteiger partial charge is 0.264 e. The number of aromatic nitrogens is 2. The number of hydrogen-bond donors (Lipinski definition) is 0. The predicted molar refractivity (Wildman–Crippen MR) is 171 cm³/mol. The molecule has 5 nitrogen and oxygen atoms in total. The number of nitrogens with zero attached hydrogens (tertiary/aromatic N) is 4. The van der Waals surface area contributed by atoms with Gasteiger partial charge >= 0.3 is 0 Å². The number of hydrogen-bond acceptors (Lipinski definition) is 4. The highest BCUT2D eigenvalue weighted by Crippen LogP contribution is 2.40. The van der Waals surface area contributed by atoms with E-state index >= 15 is 0 Å². The molecule has 0 aliphatic rings. The molecule has 0 saturated heterocycles. The number of benzene rings is 6. The van der Waals surface area contributed by atoms with Gasteiger partial charge in [-0.1, -0.05) is 78.9 Å². The zero-order valence-corrected chi connectivity index (χ0v) is 22.7. The number of rotatable bonds is 3. The number of fused-ring (bicyclic) bond motifs is 4. The fourth-order valence-corrected chi connectivity index (χ4v) is 6.26. The van der Waals surface area contributed by atoms with Crippen LogP contribution in [0, 0.1) is 22.7 Å². The van der Waals surface area contributed by atoms with Gasteiger partial charge in [-0.15, -0.1) is 0 Å². The topological polar surface area (TPSA) is 82.0 Å². The Labute approximate surface area is 246 Å². The van der Waals surface area contributed by atoms with Crippen LogP contribution in [0.3, 0.4) is 0 Å². The van der Waals surface area contributed by atoms with E-state index in [9.17, 15) is 15.3 Å². The monoisotopic (exact) mass is 548 g/mol. The first-order valence-corrected chi connectivity index (χ1v) is 13.9. The van der Waals surface area contributed by atoms with Crippen LogP contribution in [0.5, 0.6) is 0 Å². The molecule has 5 heteroatoms. The van der Waals surface area contributed by atoms with E-state index in [1.165, 1.54) is 0 Å². The summed E-state index contributed by atoms with van der Waals surface area (Å²) in [6.45, 7) is 0. The lowest BCUT2D eigenvalue weighted by atomic mass is 9.91. The lowest BCUT2D eigenvalue weighted by Crippen LogP contribution is -2.14. The molecule has 8 aromatic rings. The fourth-order valence-electron chi connectivity index (χ4n) is 6.26. The molecule has 0 saturated carbocycles. The van der Waals surface area contributed by atoms with Crippen molar-refractivity contribution in [3.05, 3.63) is 143 Å². The first kappa shape index (κ1) is 24.5. The van der Waals surface area contributed by atoms with Crippen LogP contribution in [0.1, 0.15) is 11.1 Å². The van der Waals surface area contributed by atoms with Crippen molar-refractivity contribution in [1.29, 1.82) is 10.5 Å². The van der Waals surface area contributed by atoms with Crippen molar-refractivity contribution in [3.8, 4) is 45.5 Å². The van der Waals surface area contributed by atoms with Crippen LogP contribution in [0.4, 0.5) is 0 Å². The van der Waals surface area contributed by atoms with Crippen LogP contribution in [-0.4, -0.2) is 9.38 Å². The van der Waals surface area contributed by atoms with Gasteiger partial charge in [-0.25, -0.2) is 4.98 Å². The second-order valence-electron chi connectivity index (χ2n) is 10.6. The maximum absolute atomic E-state index is 14.4. The zero-order chi connectivity index (χ0) is 29.1. The first-order valence-electron chi connectivity index (χ1n) is 13.9. The van der Waals surface area contributed by atoms with Crippen LogP contribution < -0.4 is 5.56 Å². The normalized spacial score (nSPS) is 11.3. The van der Waals surface area contributed by atoms with Crippen molar-refractivity contribution in [2.45, 2.75) is 0 Å². The van der Waals surface area contributed by atoms with E-state index < -0.39 is 0 Å². The van der Waals surface area contributed by atoms with Gasteiger partial charge in [-0.2, -0.15) is 10.5 Å². The lowest BCUT2D eigenvalue weighted by molar-refractivity contribution is 1.19. The molecule has 0 unspecified atom stereocenters. The van der Waals surface area contributed by atoms with Gasteiger partial charge in [0, 0.05) is 27.1 Å². The molecule has 2 aromatic heterocycles. The minimum absolute atomic E-state index is 0.180. The largest absolute Gasteiger partial charge is 0.268 e. The molecule has 0 fully saturated rings. The third-order valence-electron chi connectivity index (χ3n) is 8.22. The fraction of sp³-hybridized carbons (Fsp3) is 0. The van der Waals surface area contributed by atoms with E-state index in [4.69, 9.17) is 4.98 Å². The summed E-state index contributed by atoms with van der Waals surface area (Å²) in [5.41, 5.74) is 8.58. The standard InChI is InChI=1S/C38H20N4O/c39-21-23-11-13-26(14-12-23)29-17-18-30-35-31(16-15-27(22-40)34(29)35)38(43)42-36-32(25-9-5-2-6-10-25)19-28(20-33(36)41-37(30)42)24-7-3-1-4-8-24/h1-20H. The molecule has 0 aliphatic carbocycles. The van der Waals surface area contributed by atoms with Crippen LogP contribution >= 0.6 is 0 Å². The zero-order valence-electron chi connectivity index (χ0n) is 22.7. The first-order chi connectivity index (χ1) is 21.2. The van der Waals surface area contributed by atoms with Gasteiger partial charge in [0.05, 0.1) is 34.3 Å². The molecule has 0 amide bonds. The highest BCUT2D eigenvalue weighted by Gasteiger charge is 2.22. The van der Waals surface area contributed by atoms with Crippen molar-refractivity contribution in [3.63, 3.8) is 0 Å². The maximum atomic E-state index is 14.4. The number of nitriles is 2. The second kappa shape index (κ2) is 9.38. The van der Waals surface area contributed by atoms with Gasteiger partial charge < -0.3 is 0 Å². The Morgan fingerprint density at radius 1 is 0.581 bits per heavy atom. The summed E-state index contributed by atoms with van der Waals surface area (Å²) in [7, 11) is 0. The van der Waals surface area contributed by atoms with Gasteiger partial charge in [-0.3, -0.25) is 9.20 Å². The molecule has 0 N–H and O–H groups in total. The highest BCUT2D eigenvalue weighted by atomic mass is 16.1. The molecule has 8 rings (SSSR count). The third kappa shape index (κ3) is 3.63. The highest BCUT2D eigenvalue weighted by molar-refractivity contribution is 6.21. The van der Waals surface area contributed by atoms with Gasteiger partial charge in [0.2, 0.25) is 0 Å². The minimum atomic E-state index is -0.180. The van der Waals surface area contributed by atoms with E-state index in [-0.39, 0.29) is 5.56 Å². The molecule has 0 bridgehead atoms. The summed E-state index contributed by atoms with van der Waals surface area (Å²) < 4.78 is 1.73. The molecule has 6 aromatic carbocycles. The molecular weight excluding hydrogens is 528 g/mol. The summed E-state index contributed by atoms with van der Waals surface area (Å²) in [4.78, 5) is 19.5. The van der Waals surface area contributed by atoms with Gasteiger partial charge in [0.15, 0.2) is 0 Å². The SMILES string of the molecule is N#Cc1ccc(-c2ccc3c4c2c(C#N)ccc4c(=O)n2c3nc3cc(-c4ccccc4)cc(-c4ccccc4)c32)cc1. The number of pyridine rings is 1.